The summed E-state index contributed by atoms with van der Waals surface area (Å²) in [6, 6.07) is 8.28. The molecule has 5 heteroatoms. The third-order valence-corrected chi connectivity index (χ3v) is 2.05. The van der Waals surface area contributed by atoms with Gasteiger partial charge in [0, 0.05) is 6.07 Å². The Balaban J connectivity index is 1.97. The number of nitrogens with zero attached hydrogens (tertiary/aromatic N) is 1. The number of aromatic amines is 1. The predicted molar refractivity (Wildman–Crippen MR) is 59.0 cm³/mol. The molecule has 1 aromatic carbocycles. The molecule has 16 heavy (non-hydrogen) atoms. The van der Waals surface area contributed by atoms with Gasteiger partial charge in [0.05, 0.1) is 12.6 Å². The molecular formula is C11H11N3O2. The van der Waals surface area contributed by atoms with Crippen molar-refractivity contribution in [2.75, 3.05) is 5.32 Å². The van der Waals surface area contributed by atoms with Gasteiger partial charge in [0.2, 0.25) is 5.91 Å². The third-order valence-electron chi connectivity index (χ3n) is 2.05. The van der Waals surface area contributed by atoms with Crippen molar-refractivity contribution in [3.05, 3.63) is 42.1 Å². The molecule has 0 radical (unpaired) electrons. The van der Waals surface area contributed by atoms with Gasteiger partial charge in [-0.2, -0.15) is 5.10 Å². The Kier molecular flexibility index (Phi) is 2.86. The van der Waals surface area contributed by atoms with Crippen molar-refractivity contribution in [1.82, 2.24) is 10.2 Å². The molecule has 0 aliphatic rings. The van der Waals surface area contributed by atoms with E-state index in [1.54, 1.807) is 36.5 Å². The number of nitrogens with one attached hydrogen (secondary N) is 2. The molecule has 82 valence electrons. The van der Waals surface area contributed by atoms with Crippen LogP contribution in [-0.4, -0.2) is 21.2 Å². The monoisotopic (exact) mass is 217 g/mol. The molecule has 3 N–H and O–H groups in total. The van der Waals surface area contributed by atoms with Crippen molar-refractivity contribution in [1.29, 1.82) is 0 Å². The van der Waals surface area contributed by atoms with Gasteiger partial charge in [-0.1, -0.05) is 12.1 Å². The number of hydrogen-bond donors (Lipinski definition) is 3. The molecule has 1 aromatic heterocycles. The highest BCUT2D eigenvalue weighted by molar-refractivity contribution is 5.91. The minimum atomic E-state index is -0.158. The molecule has 0 aliphatic heterocycles. The summed E-state index contributed by atoms with van der Waals surface area (Å²) in [7, 11) is 0. The minimum Gasteiger partial charge on any atom is -0.508 e. The van der Waals surface area contributed by atoms with Gasteiger partial charge in [0.25, 0.3) is 0 Å². The number of phenolic OH excluding ortho intramolecular Hbond substituents is 1. The smallest absolute Gasteiger partial charge is 0.229 e. The summed E-state index contributed by atoms with van der Waals surface area (Å²) in [4.78, 5) is 11.6. The summed E-state index contributed by atoms with van der Waals surface area (Å²) in [5.41, 5.74) is 0.761. The molecule has 0 saturated carbocycles. The first-order valence-electron chi connectivity index (χ1n) is 4.81. The topological polar surface area (TPSA) is 78.0 Å². The number of carbonyl (C=O) groups is 1. The molecule has 0 unspecified atom stereocenters. The van der Waals surface area contributed by atoms with Crippen LogP contribution in [-0.2, 0) is 11.2 Å². The Morgan fingerprint density at radius 2 is 2.31 bits per heavy atom. The number of aromatic hydroxyl groups is 1. The van der Waals surface area contributed by atoms with Gasteiger partial charge in [0.15, 0.2) is 0 Å². The van der Waals surface area contributed by atoms with Crippen LogP contribution in [0.15, 0.2) is 36.5 Å². The summed E-state index contributed by atoms with van der Waals surface area (Å²) in [5, 5.41) is 18.2. The zero-order chi connectivity index (χ0) is 11.4. The van der Waals surface area contributed by atoms with Gasteiger partial charge in [-0.05, 0) is 17.7 Å². The molecule has 5 nitrogen and oxygen atoms in total. The molecule has 0 fully saturated rings. The fourth-order valence-electron chi connectivity index (χ4n) is 1.37. The first-order valence-corrected chi connectivity index (χ1v) is 4.81. The van der Waals surface area contributed by atoms with Gasteiger partial charge in [-0.25, -0.2) is 0 Å². The second-order valence-corrected chi connectivity index (χ2v) is 3.37. The van der Waals surface area contributed by atoms with Crippen molar-refractivity contribution < 1.29 is 9.90 Å². The van der Waals surface area contributed by atoms with E-state index in [1.165, 1.54) is 0 Å². The third kappa shape index (κ3) is 2.60. The maximum atomic E-state index is 11.6. The maximum Gasteiger partial charge on any atom is 0.229 e. The predicted octanol–water partition coefficient (Wildman–Crippen LogP) is 1.30. The number of benzene rings is 1. The molecule has 1 heterocycles. The Morgan fingerprint density at radius 3 is 3.00 bits per heavy atom. The minimum absolute atomic E-state index is 0.158. The van der Waals surface area contributed by atoms with Crippen molar-refractivity contribution >= 4 is 11.7 Å². The van der Waals surface area contributed by atoms with E-state index in [9.17, 15) is 9.90 Å². The van der Waals surface area contributed by atoms with Crippen LogP contribution in [0.4, 0.5) is 5.82 Å². The second-order valence-electron chi connectivity index (χ2n) is 3.37. The summed E-state index contributed by atoms with van der Waals surface area (Å²) in [6.07, 6.45) is 1.78. The quantitative estimate of drug-likeness (QED) is 0.725. The van der Waals surface area contributed by atoms with Gasteiger partial charge in [-0.15, -0.1) is 0 Å². The van der Waals surface area contributed by atoms with Crippen LogP contribution < -0.4 is 5.32 Å². The van der Waals surface area contributed by atoms with E-state index in [1.807, 2.05) is 0 Å². The first kappa shape index (κ1) is 10.2. The Bertz CT molecular complexity index is 480. The van der Waals surface area contributed by atoms with Crippen LogP contribution in [0, 0.1) is 0 Å². The van der Waals surface area contributed by atoms with Crippen LogP contribution in [0.1, 0.15) is 5.56 Å². The maximum absolute atomic E-state index is 11.6. The van der Waals surface area contributed by atoms with Gasteiger partial charge in [0.1, 0.15) is 11.6 Å². The first-order chi connectivity index (χ1) is 7.74. The number of rotatable bonds is 3. The fourth-order valence-corrected chi connectivity index (χ4v) is 1.37. The highest BCUT2D eigenvalue weighted by atomic mass is 16.3. The second kappa shape index (κ2) is 4.48. The highest BCUT2D eigenvalue weighted by Crippen LogP contribution is 2.11. The van der Waals surface area contributed by atoms with E-state index in [2.05, 4.69) is 15.5 Å². The van der Waals surface area contributed by atoms with Crippen molar-refractivity contribution in [3.8, 4) is 5.75 Å². The van der Waals surface area contributed by atoms with E-state index in [0.717, 1.165) is 5.56 Å². The largest absolute Gasteiger partial charge is 0.508 e. The van der Waals surface area contributed by atoms with E-state index >= 15 is 0 Å². The molecule has 2 aromatic rings. The van der Waals surface area contributed by atoms with Crippen molar-refractivity contribution in [3.63, 3.8) is 0 Å². The lowest BCUT2D eigenvalue weighted by Crippen LogP contribution is -2.14. The molecule has 0 atom stereocenters. The van der Waals surface area contributed by atoms with Crippen LogP contribution in [0.3, 0.4) is 0 Å². The zero-order valence-corrected chi connectivity index (χ0v) is 8.47. The number of hydrogen-bond acceptors (Lipinski definition) is 3. The summed E-state index contributed by atoms with van der Waals surface area (Å²) >= 11 is 0. The average molecular weight is 217 g/mol. The Morgan fingerprint density at radius 1 is 1.44 bits per heavy atom. The van der Waals surface area contributed by atoms with Gasteiger partial charge >= 0.3 is 0 Å². The number of H-pyrrole nitrogens is 1. The molecular weight excluding hydrogens is 206 g/mol. The van der Waals surface area contributed by atoms with Crippen molar-refractivity contribution in [2.45, 2.75) is 6.42 Å². The van der Waals surface area contributed by atoms with Crippen LogP contribution in [0.5, 0.6) is 5.75 Å². The number of carbonyl (C=O) groups excluding carboxylic acids is 1. The zero-order valence-electron chi connectivity index (χ0n) is 8.47. The normalized spacial score (nSPS) is 10.0. The fraction of sp³-hybridized carbons (Fsp3) is 0.0909. The summed E-state index contributed by atoms with van der Waals surface area (Å²) < 4.78 is 0. The van der Waals surface area contributed by atoms with Crippen LogP contribution in [0.2, 0.25) is 0 Å². The molecule has 0 saturated heterocycles. The molecule has 0 spiro atoms. The standard InChI is InChI=1S/C11H11N3O2/c15-9-3-1-2-8(6-9)7-11(16)13-10-4-5-12-14-10/h1-6,15H,7H2,(H2,12,13,14,16). The molecule has 0 bridgehead atoms. The lowest BCUT2D eigenvalue weighted by Gasteiger charge is -2.02. The van der Waals surface area contributed by atoms with Crippen LogP contribution in [0.25, 0.3) is 0 Å². The van der Waals surface area contributed by atoms with Crippen molar-refractivity contribution in [2.24, 2.45) is 0 Å². The van der Waals surface area contributed by atoms with E-state index in [-0.39, 0.29) is 18.1 Å². The van der Waals surface area contributed by atoms with Gasteiger partial charge < -0.3 is 10.4 Å². The van der Waals surface area contributed by atoms with E-state index in [0.29, 0.717) is 5.82 Å². The summed E-state index contributed by atoms with van der Waals surface area (Å²) in [6.45, 7) is 0. The lowest BCUT2D eigenvalue weighted by molar-refractivity contribution is -0.115. The van der Waals surface area contributed by atoms with Crippen LogP contribution >= 0.6 is 0 Å². The lowest BCUT2D eigenvalue weighted by atomic mass is 10.1. The number of amides is 1. The summed E-state index contributed by atoms with van der Waals surface area (Å²) in [5.74, 6) is 0.562. The Labute approximate surface area is 92.1 Å². The Hall–Kier alpha value is -2.30. The SMILES string of the molecule is O=C(Cc1cccc(O)c1)Nc1ccn[nH]1. The van der Waals surface area contributed by atoms with Gasteiger partial charge in [-0.3, -0.25) is 9.89 Å². The number of anilines is 1. The highest BCUT2D eigenvalue weighted by Gasteiger charge is 2.04. The molecule has 2 rings (SSSR count). The molecule has 1 amide bonds. The number of aromatic nitrogens is 2. The van der Waals surface area contributed by atoms with E-state index < -0.39 is 0 Å². The average Bonchev–Trinajstić information content (AvgIpc) is 2.70. The number of phenols is 1. The molecule has 0 aliphatic carbocycles. The van der Waals surface area contributed by atoms with E-state index in [4.69, 9.17) is 0 Å².